The summed E-state index contributed by atoms with van der Waals surface area (Å²) in [5.74, 6) is 1.65. The maximum atomic E-state index is 6.62. The number of unbranched alkanes of at least 4 members (excludes halogenated alkanes) is 8. The molecule has 0 bridgehead atoms. The number of nitrogens with zero attached hydrogens (tertiary/aromatic N) is 4. The summed E-state index contributed by atoms with van der Waals surface area (Å²) >= 11 is 0. The van der Waals surface area contributed by atoms with Crippen LogP contribution in [-0.2, 0) is 12.8 Å². The molecule has 0 radical (unpaired) electrons. The highest BCUT2D eigenvalue weighted by molar-refractivity contribution is 5.96. The molecule has 2 heterocycles. The van der Waals surface area contributed by atoms with Crippen LogP contribution in [0.3, 0.4) is 0 Å². The summed E-state index contributed by atoms with van der Waals surface area (Å²) in [6, 6.07) is 50.3. The average Bonchev–Trinajstić information content (AvgIpc) is 4.04. The van der Waals surface area contributed by atoms with Crippen LogP contribution in [-0.4, -0.2) is 20.4 Å². The number of fused-ring (bicyclic) bond motifs is 2. The molecule has 0 saturated heterocycles. The second-order valence-electron chi connectivity index (χ2n) is 16.8. The predicted molar refractivity (Wildman–Crippen MR) is 263 cm³/mol. The summed E-state index contributed by atoms with van der Waals surface area (Å²) < 4.78 is 13.2. The molecule has 0 atom stereocenters. The van der Waals surface area contributed by atoms with Crippen molar-refractivity contribution in [2.75, 3.05) is 10.6 Å². The fourth-order valence-corrected chi connectivity index (χ4v) is 8.55. The van der Waals surface area contributed by atoms with E-state index >= 15 is 0 Å². The van der Waals surface area contributed by atoms with E-state index in [0.717, 1.165) is 79.4 Å². The van der Waals surface area contributed by atoms with Gasteiger partial charge in [-0.3, -0.25) is 0 Å². The molecule has 9 rings (SSSR count). The Bertz CT molecular complexity index is 2720. The van der Waals surface area contributed by atoms with Gasteiger partial charge < -0.3 is 19.5 Å². The van der Waals surface area contributed by atoms with Crippen LogP contribution in [0.5, 0.6) is 0 Å². The van der Waals surface area contributed by atoms with Crippen LogP contribution in [0.25, 0.3) is 67.4 Å². The number of aromatic nitrogens is 4. The third kappa shape index (κ3) is 9.92. The Hall–Kier alpha value is -7.06. The van der Waals surface area contributed by atoms with Gasteiger partial charge in [0, 0.05) is 22.5 Å². The number of hydrogen-bond acceptors (Lipinski definition) is 8. The summed E-state index contributed by atoms with van der Waals surface area (Å²) in [5, 5.41) is 30.4. The molecule has 7 aromatic carbocycles. The second kappa shape index (κ2) is 20.4. The van der Waals surface area contributed by atoms with Gasteiger partial charge in [0.25, 0.3) is 0 Å². The zero-order valence-corrected chi connectivity index (χ0v) is 36.9. The highest BCUT2D eigenvalue weighted by Crippen LogP contribution is 2.42. The first-order chi connectivity index (χ1) is 31.6. The molecule has 0 aliphatic heterocycles. The first-order valence-electron chi connectivity index (χ1n) is 23.2. The molecule has 64 heavy (non-hydrogen) atoms. The van der Waals surface area contributed by atoms with Crippen molar-refractivity contribution in [1.82, 2.24) is 20.4 Å². The molecule has 0 spiro atoms. The van der Waals surface area contributed by atoms with Crippen molar-refractivity contribution in [1.29, 1.82) is 0 Å². The Labute approximate surface area is 376 Å². The summed E-state index contributed by atoms with van der Waals surface area (Å²) in [4.78, 5) is 0. The third-order valence-corrected chi connectivity index (χ3v) is 12.1. The molecule has 0 unspecified atom stereocenters. The van der Waals surface area contributed by atoms with Crippen LogP contribution in [0.4, 0.5) is 22.7 Å². The lowest BCUT2D eigenvalue weighted by Crippen LogP contribution is -2.00. The predicted octanol–water partition coefficient (Wildman–Crippen LogP) is 15.9. The Morgan fingerprint density at radius 1 is 0.375 bits per heavy atom. The minimum absolute atomic E-state index is 0.379. The number of nitrogens with one attached hydrogen (secondary N) is 2. The minimum Gasteiger partial charge on any atom is -0.416 e. The van der Waals surface area contributed by atoms with Crippen LogP contribution >= 0.6 is 0 Å². The van der Waals surface area contributed by atoms with E-state index in [4.69, 9.17) is 8.83 Å². The van der Waals surface area contributed by atoms with E-state index in [1.807, 2.05) is 60.7 Å². The molecule has 9 aromatic rings. The molecular weight excluding hydrogens is 789 g/mol. The van der Waals surface area contributed by atoms with Crippen molar-refractivity contribution in [3.63, 3.8) is 0 Å². The summed E-state index contributed by atoms with van der Waals surface area (Å²) in [6.07, 6.45) is 14.7. The van der Waals surface area contributed by atoms with Gasteiger partial charge in [-0.05, 0) is 107 Å². The smallest absolute Gasteiger partial charge is 0.250 e. The molecule has 322 valence electrons. The van der Waals surface area contributed by atoms with Crippen LogP contribution in [0.15, 0.2) is 154 Å². The van der Waals surface area contributed by atoms with Gasteiger partial charge in [0.2, 0.25) is 23.6 Å². The van der Waals surface area contributed by atoms with E-state index in [0.29, 0.717) is 23.6 Å². The first-order valence-corrected chi connectivity index (χ1v) is 23.2. The SMILES string of the molecule is CCCCCCCc1ccc(Nc2cc(-c3nnc(-c4cccc5ccccc45)o3)c(Nc3ccc(CCCCCCC)cc3)cc2-c2nnc(-c3cccc4ccccc34)o2)cc1. The largest absolute Gasteiger partial charge is 0.416 e. The van der Waals surface area contributed by atoms with E-state index in [1.54, 1.807) is 0 Å². The quantitative estimate of drug-likeness (QED) is 0.0732. The lowest BCUT2D eigenvalue weighted by Gasteiger charge is -2.17. The molecule has 0 amide bonds. The Morgan fingerprint density at radius 3 is 1.17 bits per heavy atom. The summed E-state index contributed by atoms with van der Waals surface area (Å²) in [6.45, 7) is 4.51. The topological polar surface area (TPSA) is 102 Å². The molecule has 0 aliphatic rings. The van der Waals surface area contributed by atoms with E-state index < -0.39 is 0 Å². The molecule has 2 aromatic heterocycles. The van der Waals surface area contributed by atoms with Crippen molar-refractivity contribution in [2.24, 2.45) is 0 Å². The fourth-order valence-electron chi connectivity index (χ4n) is 8.55. The fraction of sp³-hybridized carbons (Fsp3) is 0.250. The van der Waals surface area contributed by atoms with Crippen LogP contribution < -0.4 is 10.6 Å². The second-order valence-corrected chi connectivity index (χ2v) is 16.8. The van der Waals surface area contributed by atoms with Gasteiger partial charge in [0.1, 0.15) is 0 Å². The molecule has 0 saturated carbocycles. The van der Waals surface area contributed by atoms with Crippen molar-refractivity contribution in [3.05, 3.63) is 157 Å². The lowest BCUT2D eigenvalue weighted by molar-refractivity contribution is 0.584. The van der Waals surface area contributed by atoms with E-state index in [2.05, 4.69) is 130 Å². The Balaban J connectivity index is 1.12. The van der Waals surface area contributed by atoms with Crippen molar-refractivity contribution >= 4 is 44.3 Å². The van der Waals surface area contributed by atoms with Crippen LogP contribution in [0.1, 0.15) is 89.2 Å². The normalized spacial score (nSPS) is 11.4. The highest BCUT2D eigenvalue weighted by atomic mass is 16.4. The van der Waals surface area contributed by atoms with E-state index in [1.165, 1.54) is 75.3 Å². The van der Waals surface area contributed by atoms with E-state index in [-0.39, 0.29) is 0 Å². The average molecular weight is 845 g/mol. The number of anilines is 4. The molecular formula is C56H56N6O2. The first kappa shape index (κ1) is 42.3. The zero-order valence-electron chi connectivity index (χ0n) is 36.9. The van der Waals surface area contributed by atoms with Crippen molar-refractivity contribution in [2.45, 2.75) is 90.9 Å². The van der Waals surface area contributed by atoms with Gasteiger partial charge in [0.05, 0.1) is 22.5 Å². The maximum absolute atomic E-state index is 6.62. The van der Waals surface area contributed by atoms with E-state index in [9.17, 15) is 0 Å². The number of hydrogen-bond donors (Lipinski definition) is 2. The molecule has 0 aliphatic carbocycles. The van der Waals surface area contributed by atoms with Gasteiger partial charge >= 0.3 is 0 Å². The van der Waals surface area contributed by atoms with Crippen molar-refractivity contribution < 1.29 is 8.83 Å². The van der Waals surface area contributed by atoms with Gasteiger partial charge in [0.15, 0.2) is 0 Å². The monoisotopic (exact) mass is 844 g/mol. The van der Waals surface area contributed by atoms with Gasteiger partial charge in [-0.15, -0.1) is 20.4 Å². The summed E-state index contributed by atoms with van der Waals surface area (Å²) in [5.41, 5.74) is 9.24. The Kier molecular flexibility index (Phi) is 13.5. The van der Waals surface area contributed by atoms with Crippen LogP contribution in [0.2, 0.25) is 0 Å². The van der Waals surface area contributed by atoms with Gasteiger partial charge in [-0.2, -0.15) is 0 Å². The third-order valence-electron chi connectivity index (χ3n) is 12.1. The van der Waals surface area contributed by atoms with Crippen molar-refractivity contribution in [3.8, 4) is 45.8 Å². The lowest BCUT2D eigenvalue weighted by atomic mass is 10.0. The Morgan fingerprint density at radius 2 is 0.750 bits per heavy atom. The standard InChI is InChI=1S/C56H56N6O2/c1-3-5-7-9-11-19-39-29-33-43(34-30-39)57-51-37-50(56-62-60-54(64-56)48-28-18-24-42-22-14-16-26-46(42)48)52(58-44-35-31-40(32-36-44)20-12-10-8-6-4-2)38-49(51)55-61-59-53(63-55)47-27-17-23-41-21-13-15-25-45(41)47/h13-18,21-38,57-58H,3-12,19-20H2,1-2H3. The van der Waals surface area contributed by atoms with Gasteiger partial charge in [-0.1, -0.05) is 162 Å². The molecule has 8 heteroatoms. The minimum atomic E-state index is 0.379. The molecule has 2 N–H and O–H groups in total. The maximum Gasteiger partial charge on any atom is 0.250 e. The number of aryl methyl sites for hydroxylation is 2. The van der Waals surface area contributed by atoms with Gasteiger partial charge in [-0.25, -0.2) is 0 Å². The molecule has 0 fully saturated rings. The highest BCUT2D eigenvalue weighted by Gasteiger charge is 2.23. The van der Waals surface area contributed by atoms with Crippen LogP contribution in [0, 0.1) is 0 Å². The number of benzene rings is 7. The zero-order chi connectivity index (χ0) is 43.5. The number of rotatable bonds is 20. The summed E-state index contributed by atoms with van der Waals surface area (Å²) in [7, 11) is 0. The molecule has 8 nitrogen and oxygen atoms in total.